The van der Waals surface area contributed by atoms with Gasteiger partial charge < -0.3 is 0 Å². The summed E-state index contributed by atoms with van der Waals surface area (Å²) in [4.78, 5) is 3.76. The number of unbranched alkanes of at least 4 members (excludes halogenated alkanes) is 4. The molecule has 0 atom stereocenters. The fourth-order valence-electron chi connectivity index (χ4n) is 2.60. The van der Waals surface area contributed by atoms with Crippen LogP contribution in [0.25, 0.3) is 16.0 Å². The Morgan fingerprint density at radius 2 is 1.38 bits per heavy atom. The molecule has 0 saturated heterocycles. The molecule has 2 aromatic carbocycles. The largest absolute Gasteiger partial charge is 0.238 e. The molecule has 0 radical (unpaired) electrons. The Labute approximate surface area is 145 Å². The van der Waals surface area contributed by atoms with Crippen LogP contribution in [0.2, 0.25) is 0 Å². The van der Waals surface area contributed by atoms with Gasteiger partial charge in [-0.1, -0.05) is 69.0 Å². The van der Waals surface area contributed by atoms with Crippen LogP contribution in [0.1, 0.15) is 39.0 Å². The number of rotatable bonds is 8. The fraction of sp³-hybridized carbons (Fsp3) is 0.350. The van der Waals surface area contributed by atoms with E-state index in [1.54, 1.807) is 24.3 Å². The zero-order valence-electron chi connectivity index (χ0n) is 14.0. The van der Waals surface area contributed by atoms with Crippen LogP contribution in [0.5, 0.6) is 0 Å². The Morgan fingerprint density at radius 1 is 0.833 bits per heavy atom. The lowest BCUT2D eigenvalue weighted by atomic mass is 10.1. The van der Waals surface area contributed by atoms with Gasteiger partial charge in [-0.2, -0.15) is 0 Å². The topological polar surface area (TPSA) is 38.5 Å². The van der Waals surface area contributed by atoms with Crippen molar-refractivity contribution in [1.82, 2.24) is 0 Å². The Morgan fingerprint density at radius 3 is 1.92 bits per heavy atom. The molecular weight excluding hydrogens is 318 g/mol. The average Bonchev–Trinajstić information content (AvgIpc) is 2.62. The van der Waals surface area contributed by atoms with Crippen molar-refractivity contribution in [2.45, 2.75) is 43.9 Å². The van der Waals surface area contributed by atoms with Gasteiger partial charge in [0.2, 0.25) is 0 Å². The first-order valence-electron chi connectivity index (χ1n) is 8.37. The van der Waals surface area contributed by atoms with E-state index in [9.17, 15) is 8.42 Å². The predicted molar refractivity (Wildman–Crippen MR) is 99.0 cm³/mol. The molecule has 126 valence electrons. The van der Waals surface area contributed by atoms with E-state index in [1.165, 1.54) is 6.42 Å². The first kappa shape index (κ1) is 18.2. The van der Waals surface area contributed by atoms with Crippen molar-refractivity contribution in [2.75, 3.05) is 5.75 Å². The first-order chi connectivity index (χ1) is 11.6. The molecule has 24 heavy (non-hydrogen) atoms. The molecule has 0 N–H and O–H groups in total. The molecular formula is C20H23NO2S. The molecule has 0 fully saturated rings. The third kappa shape index (κ3) is 4.94. The van der Waals surface area contributed by atoms with Crippen molar-refractivity contribution in [3.63, 3.8) is 0 Å². The molecule has 0 aliphatic heterocycles. The lowest BCUT2D eigenvalue weighted by Gasteiger charge is -2.07. The minimum Gasteiger partial charge on any atom is -0.238 e. The average molecular weight is 341 g/mol. The highest BCUT2D eigenvalue weighted by atomic mass is 32.2. The molecule has 0 heterocycles. The van der Waals surface area contributed by atoms with Gasteiger partial charge in [-0.25, -0.2) is 13.3 Å². The zero-order chi connectivity index (χ0) is 17.4. The van der Waals surface area contributed by atoms with Crippen molar-refractivity contribution in [3.05, 3.63) is 59.9 Å². The lowest BCUT2D eigenvalue weighted by Crippen LogP contribution is -2.06. The van der Waals surface area contributed by atoms with Crippen molar-refractivity contribution in [1.29, 1.82) is 0 Å². The molecule has 0 spiro atoms. The van der Waals surface area contributed by atoms with Gasteiger partial charge in [-0.15, -0.1) is 0 Å². The smallest absolute Gasteiger partial charge is 0.187 e. The predicted octanol–water partition coefficient (Wildman–Crippen LogP) is 5.65. The molecule has 0 aromatic heterocycles. The molecule has 2 aromatic rings. The number of nitrogens with zero attached hydrogens (tertiary/aromatic N) is 1. The highest BCUT2D eigenvalue weighted by Gasteiger charge is 2.13. The summed E-state index contributed by atoms with van der Waals surface area (Å²) in [5, 5.41) is 0. The lowest BCUT2D eigenvalue weighted by molar-refractivity contribution is 0.587. The molecule has 0 bridgehead atoms. The summed E-state index contributed by atoms with van der Waals surface area (Å²) in [6.45, 7) is 9.11. The van der Waals surface area contributed by atoms with E-state index in [-0.39, 0.29) is 5.75 Å². The highest BCUT2D eigenvalue weighted by molar-refractivity contribution is 7.91. The summed E-state index contributed by atoms with van der Waals surface area (Å²) in [5.74, 6) is 0.218. The second kappa shape index (κ2) is 8.65. The Hall–Kier alpha value is -2.12. The number of hydrogen-bond donors (Lipinski definition) is 0. The second-order valence-electron chi connectivity index (χ2n) is 5.92. The van der Waals surface area contributed by atoms with Crippen LogP contribution in [0.15, 0.2) is 53.4 Å². The third-order valence-electron chi connectivity index (χ3n) is 4.06. The monoisotopic (exact) mass is 341 g/mol. The molecule has 0 aliphatic carbocycles. The summed E-state index contributed by atoms with van der Waals surface area (Å²) in [6.07, 6.45) is 5.12. The van der Waals surface area contributed by atoms with Gasteiger partial charge in [0.25, 0.3) is 0 Å². The third-order valence-corrected chi connectivity index (χ3v) is 5.88. The molecule has 3 nitrogen and oxygen atoms in total. The minimum absolute atomic E-state index is 0.218. The van der Waals surface area contributed by atoms with Crippen LogP contribution >= 0.6 is 0 Å². The maximum absolute atomic E-state index is 12.4. The summed E-state index contributed by atoms with van der Waals surface area (Å²) < 4.78 is 24.7. The second-order valence-corrected chi connectivity index (χ2v) is 8.03. The van der Waals surface area contributed by atoms with Crippen molar-refractivity contribution in [2.24, 2.45) is 0 Å². The summed E-state index contributed by atoms with van der Waals surface area (Å²) in [7, 11) is -3.20. The van der Waals surface area contributed by atoms with Gasteiger partial charge in [0.15, 0.2) is 15.5 Å². The molecule has 0 saturated carbocycles. The maximum atomic E-state index is 12.4. The molecule has 0 amide bonds. The molecule has 0 unspecified atom stereocenters. The summed E-state index contributed by atoms with van der Waals surface area (Å²) in [5.41, 5.74) is 2.53. The molecule has 0 aliphatic rings. The van der Waals surface area contributed by atoms with Gasteiger partial charge >= 0.3 is 0 Å². The van der Waals surface area contributed by atoms with Gasteiger partial charge in [0, 0.05) is 0 Å². The highest BCUT2D eigenvalue weighted by Crippen LogP contribution is 2.24. The van der Waals surface area contributed by atoms with E-state index in [2.05, 4.69) is 11.8 Å². The number of benzene rings is 2. The summed E-state index contributed by atoms with van der Waals surface area (Å²) in [6, 6.07) is 14.3. The maximum Gasteiger partial charge on any atom is 0.187 e. The number of sulfone groups is 1. The van der Waals surface area contributed by atoms with Gasteiger partial charge in [0.1, 0.15) is 0 Å². The van der Waals surface area contributed by atoms with Gasteiger partial charge in [-0.05, 0) is 29.7 Å². The van der Waals surface area contributed by atoms with E-state index < -0.39 is 9.84 Å². The standard InChI is InChI=1S/C20H23NO2S/c1-3-4-5-6-7-16-24(22,23)20-14-10-18(11-15-20)17-8-12-19(21-2)13-9-17/h8-15H,3-7,16H2,1H3. The van der Waals surface area contributed by atoms with Gasteiger partial charge in [-0.3, -0.25) is 0 Å². The van der Waals surface area contributed by atoms with Crippen LogP contribution in [0.3, 0.4) is 0 Å². The van der Waals surface area contributed by atoms with E-state index in [0.717, 1.165) is 36.8 Å². The summed E-state index contributed by atoms with van der Waals surface area (Å²) >= 11 is 0. The Balaban J connectivity index is 2.03. The van der Waals surface area contributed by atoms with Crippen LogP contribution in [0, 0.1) is 6.57 Å². The quantitative estimate of drug-likeness (QED) is 0.460. The SMILES string of the molecule is [C-]#[N+]c1ccc(-c2ccc(S(=O)(=O)CCCCCCC)cc2)cc1. The first-order valence-corrected chi connectivity index (χ1v) is 10.0. The van der Waals surface area contributed by atoms with Gasteiger partial charge in [0.05, 0.1) is 17.2 Å². The zero-order valence-corrected chi connectivity index (χ0v) is 14.8. The molecule has 4 heteroatoms. The Bertz CT molecular complexity index is 785. The van der Waals surface area contributed by atoms with Crippen LogP contribution in [-0.4, -0.2) is 14.2 Å². The van der Waals surface area contributed by atoms with E-state index in [4.69, 9.17) is 6.57 Å². The van der Waals surface area contributed by atoms with Crippen molar-refractivity contribution in [3.8, 4) is 11.1 Å². The normalized spacial score (nSPS) is 11.2. The van der Waals surface area contributed by atoms with Crippen LogP contribution in [-0.2, 0) is 9.84 Å². The Kier molecular flexibility index (Phi) is 6.57. The fourth-order valence-corrected chi connectivity index (χ4v) is 3.97. The van der Waals surface area contributed by atoms with E-state index >= 15 is 0 Å². The molecule has 2 rings (SSSR count). The van der Waals surface area contributed by atoms with Crippen molar-refractivity contribution < 1.29 is 8.42 Å². The van der Waals surface area contributed by atoms with Crippen LogP contribution < -0.4 is 0 Å². The van der Waals surface area contributed by atoms with Crippen molar-refractivity contribution >= 4 is 15.5 Å². The minimum atomic E-state index is -3.20. The van der Waals surface area contributed by atoms with Crippen LogP contribution in [0.4, 0.5) is 5.69 Å². The number of hydrogen-bond acceptors (Lipinski definition) is 2. The van der Waals surface area contributed by atoms with E-state index in [1.807, 2.05) is 24.3 Å². The van der Waals surface area contributed by atoms with E-state index in [0.29, 0.717) is 10.6 Å².